The zero-order valence-electron chi connectivity index (χ0n) is 8.47. The van der Waals surface area contributed by atoms with E-state index >= 15 is 0 Å². The molecule has 0 aliphatic rings. The number of amides is 1. The summed E-state index contributed by atoms with van der Waals surface area (Å²) in [4.78, 5) is 11.3. The van der Waals surface area contributed by atoms with Crippen molar-refractivity contribution in [1.82, 2.24) is 5.32 Å². The Hall–Kier alpha value is 0.300. The van der Waals surface area contributed by atoms with E-state index in [1.54, 1.807) is 11.8 Å². The minimum absolute atomic E-state index is 0.160. The molecule has 0 aliphatic carbocycles. The molecule has 1 amide bonds. The lowest BCUT2D eigenvalue weighted by atomic mass is 10.1. The minimum atomic E-state index is 0.160. The summed E-state index contributed by atoms with van der Waals surface area (Å²) >= 11 is 5.09. The van der Waals surface area contributed by atoms with E-state index < -0.39 is 0 Å². The maximum atomic E-state index is 11.3. The number of hydrogen-bond donors (Lipinski definition) is 1. The highest BCUT2D eigenvalue weighted by Crippen LogP contribution is 2.05. The predicted octanol–water partition coefficient (Wildman–Crippen LogP) is 2.28. The molecule has 0 aromatic heterocycles. The van der Waals surface area contributed by atoms with Crippen LogP contribution in [0, 0.1) is 5.92 Å². The van der Waals surface area contributed by atoms with Gasteiger partial charge in [0, 0.05) is 23.5 Å². The van der Waals surface area contributed by atoms with Crippen molar-refractivity contribution in [1.29, 1.82) is 0 Å². The van der Waals surface area contributed by atoms with Crippen molar-refractivity contribution in [2.45, 2.75) is 26.3 Å². The number of thioether (sulfide) groups is 1. The van der Waals surface area contributed by atoms with Crippen molar-refractivity contribution in [3.05, 3.63) is 0 Å². The normalized spacial score (nSPS) is 13.0. The van der Waals surface area contributed by atoms with Crippen LogP contribution in [0.2, 0.25) is 0 Å². The second kappa shape index (κ2) is 7.68. The first-order valence-electron chi connectivity index (χ1n) is 4.46. The van der Waals surface area contributed by atoms with Crippen LogP contribution in [-0.4, -0.2) is 29.3 Å². The van der Waals surface area contributed by atoms with E-state index in [9.17, 15) is 4.79 Å². The van der Waals surface area contributed by atoms with Crippen molar-refractivity contribution in [3.8, 4) is 0 Å². The molecule has 2 nitrogen and oxygen atoms in total. The van der Waals surface area contributed by atoms with Gasteiger partial charge >= 0.3 is 0 Å². The van der Waals surface area contributed by atoms with E-state index in [-0.39, 0.29) is 11.9 Å². The third-order valence-corrected chi connectivity index (χ3v) is 3.16. The Balaban J connectivity index is 3.73. The molecule has 1 atom stereocenters. The zero-order chi connectivity index (χ0) is 10.3. The third-order valence-electron chi connectivity index (χ3n) is 1.85. The fourth-order valence-corrected chi connectivity index (χ4v) is 2.16. The molecule has 0 aromatic rings. The molecular formula is C9H18BrNOS. The lowest BCUT2D eigenvalue weighted by Crippen LogP contribution is -2.39. The van der Waals surface area contributed by atoms with Gasteiger partial charge in [-0.2, -0.15) is 11.8 Å². The highest BCUT2D eigenvalue weighted by molar-refractivity contribution is 9.09. The standard InChI is InChI=1S/C9H18BrNOS/c1-7(2)8(6-10)11-9(12)4-5-13-3/h7-8H,4-6H2,1-3H3,(H,11,12). The smallest absolute Gasteiger partial charge is 0.221 e. The molecule has 0 rings (SSSR count). The minimum Gasteiger partial charge on any atom is -0.352 e. The summed E-state index contributed by atoms with van der Waals surface area (Å²) in [5.74, 6) is 1.55. The van der Waals surface area contributed by atoms with Crippen LogP contribution in [-0.2, 0) is 4.79 Å². The molecule has 0 spiro atoms. The molecule has 1 unspecified atom stereocenters. The Morgan fingerprint density at radius 2 is 2.15 bits per heavy atom. The van der Waals surface area contributed by atoms with Crippen LogP contribution in [0.15, 0.2) is 0 Å². The van der Waals surface area contributed by atoms with Crippen LogP contribution in [0.4, 0.5) is 0 Å². The third kappa shape index (κ3) is 6.38. The Labute approximate surface area is 93.4 Å². The van der Waals surface area contributed by atoms with Gasteiger partial charge in [0.25, 0.3) is 0 Å². The molecule has 0 aliphatic heterocycles. The Morgan fingerprint density at radius 3 is 2.54 bits per heavy atom. The fraction of sp³-hybridized carbons (Fsp3) is 0.889. The van der Waals surface area contributed by atoms with Crippen LogP contribution in [0.5, 0.6) is 0 Å². The number of halogens is 1. The molecule has 13 heavy (non-hydrogen) atoms. The van der Waals surface area contributed by atoms with Crippen molar-refractivity contribution < 1.29 is 4.79 Å². The number of carbonyl (C=O) groups excluding carboxylic acids is 1. The second-order valence-corrected chi connectivity index (χ2v) is 4.95. The van der Waals surface area contributed by atoms with Crippen LogP contribution in [0.1, 0.15) is 20.3 Å². The maximum Gasteiger partial charge on any atom is 0.221 e. The van der Waals surface area contributed by atoms with E-state index in [1.165, 1.54) is 0 Å². The van der Waals surface area contributed by atoms with Gasteiger partial charge < -0.3 is 5.32 Å². The summed E-state index contributed by atoms with van der Waals surface area (Å²) in [7, 11) is 0. The predicted molar refractivity (Wildman–Crippen MR) is 63.6 cm³/mol. The summed E-state index contributed by atoms with van der Waals surface area (Å²) in [5, 5.41) is 3.83. The van der Waals surface area contributed by atoms with Crippen LogP contribution in [0.3, 0.4) is 0 Å². The molecule has 0 aromatic carbocycles. The number of carbonyl (C=O) groups is 1. The molecule has 0 saturated heterocycles. The first-order valence-corrected chi connectivity index (χ1v) is 6.97. The van der Waals surface area contributed by atoms with E-state index in [4.69, 9.17) is 0 Å². The van der Waals surface area contributed by atoms with Crippen molar-refractivity contribution in [3.63, 3.8) is 0 Å². The van der Waals surface area contributed by atoms with Gasteiger partial charge in [0.05, 0.1) is 0 Å². The molecule has 4 heteroatoms. The van der Waals surface area contributed by atoms with Gasteiger partial charge in [-0.05, 0) is 12.2 Å². The van der Waals surface area contributed by atoms with E-state index in [1.807, 2.05) is 6.26 Å². The van der Waals surface area contributed by atoms with Crippen LogP contribution < -0.4 is 5.32 Å². The highest BCUT2D eigenvalue weighted by atomic mass is 79.9. The van der Waals surface area contributed by atoms with Gasteiger partial charge in [0.2, 0.25) is 5.91 Å². The number of hydrogen-bond acceptors (Lipinski definition) is 2. The van der Waals surface area contributed by atoms with Crippen molar-refractivity contribution >= 4 is 33.6 Å². The maximum absolute atomic E-state index is 11.3. The fourth-order valence-electron chi connectivity index (χ4n) is 0.857. The summed E-state index contributed by atoms with van der Waals surface area (Å²) in [5.41, 5.74) is 0. The number of rotatable bonds is 6. The quantitative estimate of drug-likeness (QED) is 0.749. The topological polar surface area (TPSA) is 29.1 Å². The van der Waals surface area contributed by atoms with Gasteiger partial charge in [-0.15, -0.1) is 0 Å². The second-order valence-electron chi connectivity index (χ2n) is 3.32. The Morgan fingerprint density at radius 1 is 1.54 bits per heavy atom. The largest absolute Gasteiger partial charge is 0.352 e. The molecule has 0 fully saturated rings. The first-order chi connectivity index (χ1) is 6.11. The Bertz CT molecular complexity index is 153. The van der Waals surface area contributed by atoms with Gasteiger partial charge in [-0.25, -0.2) is 0 Å². The number of alkyl halides is 1. The van der Waals surface area contributed by atoms with E-state index in [0.29, 0.717) is 12.3 Å². The van der Waals surface area contributed by atoms with E-state index in [0.717, 1.165) is 11.1 Å². The zero-order valence-corrected chi connectivity index (χ0v) is 10.9. The molecular weight excluding hydrogens is 250 g/mol. The monoisotopic (exact) mass is 267 g/mol. The summed E-state index contributed by atoms with van der Waals surface area (Å²) in [6, 6.07) is 0.259. The molecule has 78 valence electrons. The van der Waals surface area contributed by atoms with Crippen molar-refractivity contribution in [2.75, 3.05) is 17.3 Å². The molecule has 0 saturated carbocycles. The average molecular weight is 268 g/mol. The van der Waals surface area contributed by atoms with E-state index in [2.05, 4.69) is 35.1 Å². The lowest BCUT2D eigenvalue weighted by Gasteiger charge is -2.19. The lowest BCUT2D eigenvalue weighted by molar-refractivity contribution is -0.121. The summed E-state index contributed by atoms with van der Waals surface area (Å²) in [6.07, 6.45) is 2.63. The molecule has 0 radical (unpaired) electrons. The highest BCUT2D eigenvalue weighted by Gasteiger charge is 2.13. The Kier molecular flexibility index (Phi) is 7.86. The van der Waals surface area contributed by atoms with Crippen LogP contribution >= 0.6 is 27.7 Å². The summed E-state index contributed by atoms with van der Waals surface area (Å²) < 4.78 is 0. The molecule has 1 N–H and O–H groups in total. The van der Waals surface area contributed by atoms with Gasteiger partial charge in [0.15, 0.2) is 0 Å². The summed E-state index contributed by atoms with van der Waals surface area (Å²) in [6.45, 7) is 4.22. The molecule has 0 bridgehead atoms. The molecule has 0 heterocycles. The van der Waals surface area contributed by atoms with Crippen LogP contribution in [0.25, 0.3) is 0 Å². The average Bonchev–Trinajstić information content (AvgIpc) is 2.10. The van der Waals surface area contributed by atoms with Gasteiger partial charge in [0.1, 0.15) is 0 Å². The SMILES string of the molecule is CSCCC(=O)NC(CBr)C(C)C. The van der Waals surface area contributed by atoms with Gasteiger partial charge in [-0.3, -0.25) is 4.79 Å². The first kappa shape index (κ1) is 13.3. The van der Waals surface area contributed by atoms with Crippen molar-refractivity contribution in [2.24, 2.45) is 5.92 Å². The van der Waals surface area contributed by atoms with Gasteiger partial charge in [-0.1, -0.05) is 29.8 Å². The number of nitrogens with one attached hydrogen (secondary N) is 1.